The van der Waals surface area contributed by atoms with E-state index in [2.05, 4.69) is 15.2 Å². The summed E-state index contributed by atoms with van der Waals surface area (Å²) in [6.45, 7) is 1.58. The third-order valence-electron chi connectivity index (χ3n) is 3.69. The number of halogens is 1. The fraction of sp³-hybridized carbons (Fsp3) is 0.357. The van der Waals surface area contributed by atoms with E-state index in [-0.39, 0.29) is 24.4 Å². The summed E-state index contributed by atoms with van der Waals surface area (Å²) in [4.78, 5) is 29.0. The van der Waals surface area contributed by atoms with Gasteiger partial charge in [0.15, 0.2) is 0 Å². The van der Waals surface area contributed by atoms with Crippen LogP contribution in [0.2, 0.25) is 0 Å². The maximum atomic E-state index is 12.1. The molecule has 1 aromatic heterocycles. The Balaban J connectivity index is 0.00000161. The summed E-state index contributed by atoms with van der Waals surface area (Å²) >= 11 is 0. The molecule has 2 aliphatic rings. The number of hydrogen-bond donors (Lipinski definition) is 2. The van der Waals surface area contributed by atoms with E-state index in [0.717, 1.165) is 36.6 Å². The van der Waals surface area contributed by atoms with E-state index in [9.17, 15) is 9.59 Å². The zero-order chi connectivity index (χ0) is 14.1. The van der Waals surface area contributed by atoms with Crippen molar-refractivity contribution in [3.05, 3.63) is 29.5 Å². The lowest BCUT2D eigenvalue weighted by Crippen LogP contribution is -2.36. The number of amides is 1. The van der Waals surface area contributed by atoms with Gasteiger partial charge in [-0.25, -0.2) is 9.78 Å². The van der Waals surface area contributed by atoms with Crippen LogP contribution in [0, 0.1) is 0 Å². The van der Waals surface area contributed by atoms with Crippen molar-refractivity contribution in [3.63, 3.8) is 0 Å². The van der Waals surface area contributed by atoms with Crippen LogP contribution in [-0.2, 0) is 16.1 Å². The lowest BCUT2D eigenvalue weighted by atomic mass is 10.1. The topological polar surface area (TPSA) is 82.5 Å². The minimum absolute atomic E-state index is 0. The van der Waals surface area contributed by atoms with Gasteiger partial charge in [0.2, 0.25) is 5.91 Å². The molecule has 0 saturated carbocycles. The average molecular weight is 310 g/mol. The maximum absolute atomic E-state index is 12.1. The van der Waals surface area contributed by atoms with Crippen molar-refractivity contribution >= 4 is 36.2 Å². The Labute approximate surface area is 128 Å². The minimum atomic E-state index is -0.993. The van der Waals surface area contributed by atoms with E-state index in [1.807, 2.05) is 6.07 Å². The van der Waals surface area contributed by atoms with Gasteiger partial charge >= 0.3 is 5.97 Å². The second-order valence-corrected chi connectivity index (χ2v) is 5.07. The number of nitrogens with zero attached hydrogens (tertiary/aromatic N) is 2. The molecule has 1 amide bonds. The van der Waals surface area contributed by atoms with Crippen LogP contribution in [-0.4, -0.2) is 39.5 Å². The van der Waals surface area contributed by atoms with E-state index >= 15 is 0 Å². The van der Waals surface area contributed by atoms with Crippen molar-refractivity contribution in [2.75, 3.05) is 11.9 Å². The normalized spacial score (nSPS) is 21.1. The van der Waals surface area contributed by atoms with Gasteiger partial charge in [-0.05, 0) is 37.1 Å². The van der Waals surface area contributed by atoms with Gasteiger partial charge in [0.05, 0.1) is 6.04 Å². The van der Waals surface area contributed by atoms with Crippen LogP contribution in [0.1, 0.15) is 24.0 Å². The Morgan fingerprint density at radius 1 is 1.52 bits per heavy atom. The SMILES string of the molecule is Cl.O=C(O)/C=C/c1cnc2c(c1)CN1CCC[C@@H]1C(=O)N2. The zero-order valence-electron chi connectivity index (χ0n) is 11.3. The first-order chi connectivity index (χ1) is 9.63. The summed E-state index contributed by atoms with van der Waals surface area (Å²) in [7, 11) is 0. The Morgan fingerprint density at radius 2 is 2.33 bits per heavy atom. The predicted molar refractivity (Wildman–Crippen MR) is 80.2 cm³/mol. The van der Waals surface area contributed by atoms with E-state index < -0.39 is 5.97 Å². The minimum Gasteiger partial charge on any atom is -0.478 e. The fourth-order valence-electron chi connectivity index (χ4n) is 2.75. The highest BCUT2D eigenvalue weighted by molar-refractivity contribution is 5.95. The number of nitrogens with one attached hydrogen (secondary N) is 1. The van der Waals surface area contributed by atoms with Crippen molar-refractivity contribution in [2.24, 2.45) is 0 Å². The third-order valence-corrected chi connectivity index (χ3v) is 3.69. The van der Waals surface area contributed by atoms with E-state index in [4.69, 9.17) is 5.11 Å². The lowest BCUT2D eigenvalue weighted by Gasteiger charge is -2.19. The number of carboxylic acids is 1. The Bertz CT molecular complexity index is 603. The molecule has 1 fully saturated rings. The van der Waals surface area contributed by atoms with E-state index in [0.29, 0.717) is 12.4 Å². The highest BCUT2D eigenvalue weighted by Gasteiger charge is 2.34. The number of fused-ring (bicyclic) bond motifs is 2. The van der Waals surface area contributed by atoms with Crippen LogP contribution in [0.25, 0.3) is 6.08 Å². The average Bonchev–Trinajstić information content (AvgIpc) is 2.82. The van der Waals surface area contributed by atoms with Crippen LogP contribution >= 0.6 is 12.4 Å². The van der Waals surface area contributed by atoms with Gasteiger partial charge in [0.25, 0.3) is 0 Å². The Kier molecular flexibility index (Phi) is 4.59. The van der Waals surface area contributed by atoms with Crippen LogP contribution in [0.5, 0.6) is 0 Å². The summed E-state index contributed by atoms with van der Waals surface area (Å²) in [5.41, 5.74) is 1.65. The first kappa shape index (κ1) is 15.5. The van der Waals surface area contributed by atoms with Gasteiger partial charge < -0.3 is 10.4 Å². The van der Waals surface area contributed by atoms with Gasteiger partial charge in [-0.2, -0.15) is 0 Å². The summed E-state index contributed by atoms with van der Waals surface area (Å²) in [5, 5.41) is 11.5. The lowest BCUT2D eigenvalue weighted by molar-refractivity contribution is -0.131. The summed E-state index contributed by atoms with van der Waals surface area (Å²) in [5.74, 6) is -0.410. The van der Waals surface area contributed by atoms with Crippen molar-refractivity contribution < 1.29 is 14.7 Å². The molecule has 0 unspecified atom stereocenters. The van der Waals surface area contributed by atoms with Crippen molar-refractivity contribution in [3.8, 4) is 0 Å². The molecule has 7 heteroatoms. The molecular formula is C14H16ClN3O3. The molecule has 1 aromatic rings. The van der Waals surface area contributed by atoms with Crippen molar-refractivity contribution in [1.82, 2.24) is 9.88 Å². The van der Waals surface area contributed by atoms with Crippen LogP contribution in [0.3, 0.4) is 0 Å². The number of carboxylic acid groups (broad SMARTS) is 1. The summed E-state index contributed by atoms with van der Waals surface area (Å²) in [6.07, 6.45) is 6.06. The van der Waals surface area contributed by atoms with Gasteiger partial charge in [0.1, 0.15) is 5.82 Å². The molecule has 3 rings (SSSR count). The second-order valence-electron chi connectivity index (χ2n) is 5.07. The largest absolute Gasteiger partial charge is 0.478 e. The standard InChI is InChI=1S/C14H15N3O3.ClH/c18-12(19)4-3-9-6-10-8-17-5-1-2-11(17)14(20)16-13(10)15-7-9;/h3-4,6-7,11H,1-2,5,8H2,(H,18,19)(H,15,16,20);1H/b4-3+;/t11-;/m1./s1. The molecule has 3 heterocycles. The molecule has 2 N–H and O–H groups in total. The zero-order valence-corrected chi connectivity index (χ0v) is 12.1. The molecule has 21 heavy (non-hydrogen) atoms. The first-order valence-corrected chi connectivity index (χ1v) is 6.58. The molecule has 0 aliphatic carbocycles. The maximum Gasteiger partial charge on any atom is 0.328 e. The number of pyridine rings is 1. The summed E-state index contributed by atoms with van der Waals surface area (Å²) in [6, 6.07) is 1.81. The van der Waals surface area contributed by atoms with Gasteiger partial charge in [-0.1, -0.05) is 0 Å². The highest BCUT2D eigenvalue weighted by atomic mass is 35.5. The van der Waals surface area contributed by atoms with E-state index in [1.165, 1.54) is 6.08 Å². The molecule has 0 bridgehead atoms. The quantitative estimate of drug-likeness (QED) is 0.809. The Morgan fingerprint density at radius 3 is 3.10 bits per heavy atom. The number of aliphatic carboxylic acids is 1. The Hall–Kier alpha value is -1.92. The third kappa shape index (κ3) is 3.22. The van der Waals surface area contributed by atoms with Crippen molar-refractivity contribution in [1.29, 1.82) is 0 Å². The number of carbonyl (C=O) groups excluding carboxylic acids is 1. The molecular weight excluding hydrogens is 294 g/mol. The molecule has 0 spiro atoms. The summed E-state index contributed by atoms with van der Waals surface area (Å²) < 4.78 is 0. The van der Waals surface area contributed by atoms with Gasteiger partial charge in [-0.3, -0.25) is 9.69 Å². The predicted octanol–water partition coefficient (Wildman–Crippen LogP) is 1.52. The fourth-order valence-corrected chi connectivity index (χ4v) is 2.75. The number of rotatable bonds is 2. The molecule has 0 aromatic carbocycles. The van der Waals surface area contributed by atoms with Gasteiger partial charge in [0, 0.05) is 24.4 Å². The first-order valence-electron chi connectivity index (χ1n) is 6.58. The molecule has 0 radical (unpaired) electrons. The molecule has 2 aliphatic heterocycles. The molecule has 112 valence electrons. The van der Waals surface area contributed by atoms with Crippen LogP contribution in [0.4, 0.5) is 5.82 Å². The molecule has 6 nitrogen and oxygen atoms in total. The number of aromatic nitrogens is 1. The van der Waals surface area contributed by atoms with Crippen LogP contribution < -0.4 is 5.32 Å². The highest BCUT2D eigenvalue weighted by Crippen LogP contribution is 2.27. The number of anilines is 1. The smallest absolute Gasteiger partial charge is 0.328 e. The second kappa shape index (κ2) is 6.24. The molecule has 1 saturated heterocycles. The van der Waals surface area contributed by atoms with E-state index in [1.54, 1.807) is 6.20 Å². The number of hydrogen-bond acceptors (Lipinski definition) is 4. The van der Waals surface area contributed by atoms with Crippen molar-refractivity contribution in [2.45, 2.75) is 25.4 Å². The number of carbonyl (C=O) groups is 2. The molecule has 1 atom stereocenters. The monoisotopic (exact) mass is 309 g/mol. The van der Waals surface area contributed by atoms with Crippen LogP contribution in [0.15, 0.2) is 18.3 Å². The van der Waals surface area contributed by atoms with Gasteiger partial charge in [-0.15, -0.1) is 12.4 Å².